The summed E-state index contributed by atoms with van der Waals surface area (Å²) in [6, 6.07) is 25.8. The summed E-state index contributed by atoms with van der Waals surface area (Å²) < 4.78 is 2.35. The molecule has 6 heteroatoms. The average molecular weight is 510 g/mol. The fourth-order valence-electron chi connectivity index (χ4n) is 5.54. The van der Waals surface area contributed by atoms with E-state index in [4.69, 9.17) is 17.2 Å². The molecule has 3 heterocycles. The summed E-state index contributed by atoms with van der Waals surface area (Å²) in [7, 11) is 0. The van der Waals surface area contributed by atoms with Crippen LogP contribution in [0.3, 0.4) is 0 Å². The molecule has 1 saturated heterocycles. The maximum absolute atomic E-state index is 5.92. The Bertz CT molecular complexity index is 1370. The number of thiocarbonyl (C=S) groups is 1. The minimum absolute atomic E-state index is 0.0278. The highest BCUT2D eigenvalue weighted by molar-refractivity contribution is 7.80. The first-order valence-corrected chi connectivity index (χ1v) is 13.4. The molecule has 0 radical (unpaired) electrons. The molecule has 1 N–H and O–H groups in total. The predicted molar refractivity (Wildman–Crippen MR) is 158 cm³/mol. The van der Waals surface area contributed by atoms with Crippen molar-refractivity contribution in [1.82, 2.24) is 14.9 Å². The van der Waals surface area contributed by atoms with Crippen molar-refractivity contribution in [2.45, 2.75) is 46.7 Å². The molecule has 4 aromatic rings. The second-order valence-electron chi connectivity index (χ2n) is 9.68. The van der Waals surface area contributed by atoms with Crippen LogP contribution in [0, 0.1) is 20.8 Å². The molecule has 2 aromatic heterocycles. The highest BCUT2D eigenvalue weighted by Gasteiger charge is 2.42. The van der Waals surface area contributed by atoms with Gasteiger partial charge in [-0.25, -0.2) is 0 Å². The summed E-state index contributed by atoms with van der Waals surface area (Å²) in [5.74, 6) is 0. The first kappa shape index (κ1) is 25.0. The van der Waals surface area contributed by atoms with E-state index in [0.29, 0.717) is 0 Å². The molecule has 37 heavy (non-hydrogen) atoms. The van der Waals surface area contributed by atoms with Crippen molar-refractivity contribution in [3.05, 3.63) is 107 Å². The summed E-state index contributed by atoms with van der Waals surface area (Å²) in [4.78, 5) is 9.33. The topological polar surface area (TPSA) is 36.3 Å². The van der Waals surface area contributed by atoms with E-state index >= 15 is 0 Å². The molecule has 0 saturated carbocycles. The minimum atomic E-state index is -0.0611. The molecule has 0 spiro atoms. The number of pyridine rings is 1. The predicted octanol–water partition coefficient (Wildman–Crippen LogP) is 6.82. The second-order valence-corrected chi connectivity index (χ2v) is 10.1. The molecule has 5 rings (SSSR count). The van der Waals surface area contributed by atoms with E-state index < -0.39 is 0 Å². The Kier molecular flexibility index (Phi) is 7.02. The molecule has 0 aliphatic carbocycles. The van der Waals surface area contributed by atoms with Crippen LogP contribution in [0.25, 0.3) is 5.69 Å². The zero-order valence-corrected chi connectivity index (χ0v) is 23.1. The maximum atomic E-state index is 5.92. The molecule has 1 fully saturated rings. The van der Waals surface area contributed by atoms with Crippen molar-refractivity contribution in [2.24, 2.45) is 0 Å². The lowest BCUT2D eigenvalue weighted by atomic mass is 9.96. The number of nitrogens with one attached hydrogen (secondary N) is 1. The Labute approximate surface area is 225 Å². The van der Waals surface area contributed by atoms with Crippen LogP contribution in [0.4, 0.5) is 11.4 Å². The van der Waals surface area contributed by atoms with Gasteiger partial charge >= 0.3 is 0 Å². The first-order chi connectivity index (χ1) is 17.9. The minimum Gasteiger partial charge on any atom is -0.372 e. The van der Waals surface area contributed by atoms with E-state index in [1.165, 1.54) is 33.9 Å². The van der Waals surface area contributed by atoms with Crippen LogP contribution in [0.1, 0.15) is 54.1 Å². The van der Waals surface area contributed by atoms with Crippen LogP contribution < -0.4 is 15.1 Å². The number of rotatable bonds is 7. The lowest BCUT2D eigenvalue weighted by Crippen LogP contribution is -2.29. The monoisotopic (exact) mass is 509 g/mol. The third kappa shape index (κ3) is 4.62. The van der Waals surface area contributed by atoms with Crippen molar-refractivity contribution in [3.63, 3.8) is 0 Å². The van der Waals surface area contributed by atoms with E-state index in [0.717, 1.165) is 29.6 Å². The number of nitrogens with zero attached hydrogens (tertiary/aromatic N) is 4. The van der Waals surface area contributed by atoms with Crippen molar-refractivity contribution < 1.29 is 0 Å². The van der Waals surface area contributed by atoms with E-state index in [1.807, 2.05) is 18.3 Å². The zero-order chi connectivity index (χ0) is 26.1. The van der Waals surface area contributed by atoms with Crippen LogP contribution >= 0.6 is 12.2 Å². The summed E-state index contributed by atoms with van der Waals surface area (Å²) >= 11 is 5.92. The third-order valence-electron chi connectivity index (χ3n) is 7.44. The standard InChI is InChI=1S/C31H35N5S/c1-6-34(7-2)24-15-17-25(18-16-24)35-22(4)20-27(23(35)5)30-29(28-10-8-9-19-32-28)33-31(37)36(30)26-13-11-21(3)12-14-26/h8-20,29-30H,6-7H2,1-5H3,(H,33,37)/t29-,30-/m1/s1. The molecule has 0 unspecified atom stereocenters. The Morgan fingerprint density at radius 2 is 1.57 bits per heavy atom. The fraction of sp³-hybridized carbons (Fsp3) is 0.290. The fourth-order valence-corrected chi connectivity index (χ4v) is 5.89. The normalized spacial score (nSPS) is 17.2. The number of benzene rings is 2. The van der Waals surface area contributed by atoms with Crippen LogP contribution in [0.15, 0.2) is 79.0 Å². The second kappa shape index (κ2) is 10.4. The van der Waals surface area contributed by atoms with Gasteiger partial charge in [-0.2, -0.15) is 0 Å². The first-order valence-electron chi connectivity index (χ1n) is 13.0. The van der Waals surface area contributed by atoms with Gasteiger partial charge in [-0.15, -0.1) is 0 Å². The average Bonchev–Trinajstić information content (AvgIpc) is 3.41. The molecule has 2 aromatic carbocycles. The summed E-state index contributed by atoms with van der Waals surface area (Å²) in [6.07, 6.45) is 1.85. The van der Waals surface area contributed by atoms with Crippen molar-refractivity contribution in [3.8, 4) is 5.69 Å². The summed E-state index contributed by atoms with van der Waals surface area (Å²) in [5, 5.41) is 4.31. The van der Waals surface area contributed by atoms with E-state index in [2.05, 4.69) is 115 Å². The maximum Gasteiger partial charge on any atom is 0.174 e. The van der Waals surface area contributed by atoms with Crippen molar-refractivity contribution >= 4 is 28.7 Å². The lowest BCUT2D eigenvalue weighted by Gasteiger charge is -2.28. The molecular formula is C31H35N5S. The van der Waals surface area contributed by atoms with Gasteiger partial charge in [0, 0.05) is 47.7 Å². The summed E-state index contributed by atoms with van der Waals surface area (Å²) in [6.45, 7) is 12.9. The van der Waals surface area contributed by atoms with Crippen molar-refractivity contribution in [1.29, 1.82) is 0 Å². The smallest absolute Gasteiger partial charge is 0.174 e. The van der Waals surface area contributed by atoms with Gasteiger partial charge < -0.3 is 19.7 Å². The van der Waals surface area contributed by atoms with Crippen LogP contribution in [-0.2, 0) is 0 Å². The number of aryl methyl sites for hydroxylation is 2. The third-order valence-corrected chi connectivity index (χ3v) is 7.75. The molecule has 1 aliphatic heterocycles. The number of anilines is 2. The van der Waals surface area contributed by atoms with Gasteiger partial charge in [-0.05, 0) is 107 Å². The summed E-state index contributed by atoms with van der Waals surface area (Å²) in [5.41, 5.74) is 9.37. The number of hydrogen-bond acceptors (Lipinski definition) is 3. The quantitative estimate of drug-likeness (QED) is 0.277. The highest BCUT2D eigenvalue weighted by atomic mass is 32.1. The molecule has 190 valence electrons. The highest BCUT2D eigenvalue weighted by Crippen LogP contribution is 2.43. The van der Waals surface area contributed by atoms with E-state index in [1.54, 1.807) is 0 Å². The van der Waals surface area contributed by atoms with Gasteiger partial charge in [0.15, 0.2) is 5.11 Å². The van der Waals surface area contributed by atoms with E-state index in [9.17, 15) is 0 Å². The Morgan fingerprint density at radius 3 is 2.19 bits per heavy atom. The van der Waals surface area contributed by atoms with Gasteiger partial charge in [0.2, 0.25) is 0 Å². The number of aromatic nitrogens is 2. The number of hydrogen-bond donors (Lipinski definition) is 1. The van der Waals surface area contributed by atoms with Crippen LogP contribution in [-0.4, -0.2) is 27.8 Å². The molecule has 1 aliphatic rings. The van der Waals surface area contributed by atoms with Gasteiger partial charge in [-0.3, -0.25) is 4.98 Å². The van der Waals surface area contributed by atoms with Gasteiger partial charge in [0.05, 0.1) is 17.8 Å². The van der Waals surface area contributed by atoms with Crippen LogP contribution in [0.2, 0.25) is 0 Å². The van der Waals surface area contributed by atoms with Crippen molar-refractivity contribution in [2.75, 3.05) is 22.9 Å². The molecular weight excluding hydrogens is 474 g/mol. The lowest BCUT2D eigenvalue weighted by molar-refractivity contribution is 0.565. The van der Waals surface area contributed by atoms with Gasteiger partial charge in [-0.1, -0.05) is 23.8 Å². The molecule has 2 atom stereocenters. The molecule has 0 bridgehead atoms. The Hall–Kier alpha value is -3.64. The molecule has 5 nitrogen and oxygen atoms in total. The van der Waals surface area contributed by atoms with Gasteiger partial charge in [0.25, 0.3) is 0 Å². The Balaban J connectivity index is 1.61. The van der Waals surface area contributed by atoms with Crippen LogP contribution in [0.5, 0.6) is 0 Å². The largest absolute Gasteiger partial charge is 0.372 e. The SMILES string of the molecule is CCN(CC)c1ccc(-n2c(C)cc([C@@H]3[C@@H](c4ccccn4)NC(=S)N3c3ccc(C)cc3)c2C)cc1. The van der Waals surface area contributed by atoms with Gasteiger partial charge in [0.1, 0.15) is 0 Å². The Morgan fingerprint density at radius 1 is 0.892 bits per heavy atom. The zero-order valence-electron chi connectivity index (χ0n) is 22.3. The van der Waals surface area contributed by atoms with E-state index in [-0.39, 0.29) is 12.1 Å². The molecule has 0 amide bonds.